The van der Waals surface area contributed by atoms with Crippen molar-refractivity contribution >= 4 is 16.9 Å². The topological polar surface area (TPSA) is 70.4 Å². The van der Waals surface area contributed by atoms with Crippen LogP contribution < -0.4 is 10.3 Å². The van der Waals surface area contributed by atoms with E-state index >= 15 is 0 Å². The first-order valence-corrected chi connectivity index (χ1v) is 7.65. The smallest absolute Gasteiger partial charge is 0.344 e. The van der Waals surface area contributed by atoms with Gasteiger partial charge in [-0.15, -0.1) is 0 Å². The largest absolute Gasteiger partial charge is 0.481 e. The Morgan fingerprint density at radius 1 is 1.04 bits per heavy atom. The number of hydrogen-bond acceptors (Lipinski definition) is 5. The average Bonchev–Trinajstić information content (AvgIpc) is 2.83. The number of cyclic esters (lactones) is 1. The minimum atomic E-state index is -0.472. The number of fused-ring (bicyclic) bond motifs is 5. The van der Waals surface area contributed by atoms with Gasteiger partial charge in [-0.25, -0.2) is 9.78 Å². The summed E-state index contributed by atoms with van der Waals surface area (Å²) in [5.41, 5.74) is 3.57. The zero-order valence-corrected chi connectivity index (χ0v) is 12.6. The van der Waals surface area contributed by atoms with E-state index in [9.17, 15) is 9.59 Å². The fraction of sp³-hybridized carbons (Fsp3) is 0.167. The number of aromatic nitrogens is 2. The molecule has 6 heteroatoms. The van der Waals surface area contributed by atoms with E-state index in [1.807, 2.05) is 24.3 Å². The first-order valence-electron chi connectivity index (χ1n) is 7.65. The van der Waals surface area contributed by atoms with E-state index in [-0.39, 0.29) is 18.8 Å². The molecule has 2 aromatic heterocycles. The van der Waals surface area contributed by atoms with Gasteiger partial charge in [-0.05, 0) is 12.1 Å². The lowest BCUT2D eigenvalue weighted by Crippen LogP contribution is -2.23. The van der Waals surface area contributed by atoms with Crippen molar-refractivity contribution in [2.45, 2.75) is 13.2 Å². The number of esters is 1. The Hall–Kier alpha value is -3.15. The molecular weight excluding hydrogens is 308 g/mol. The number of hydrogen-bond donors (Lipinski definition) is 0. The molecule has 0 saturated carbocycles. The summed E-state index contributed by atoms with van der Waals surface area (Å²) in [6.45, 7) is 0.218. The summed E-state index contributed by atoms with van der Waals surface area (Å²) in [6.07, 6.45) is 0. The van der Waals surface area contributed by atoms with Crippen LogP contribution in [0.2, 0.25) is 0 Å². The lowest BCUT2D eigenvalue weighted by Gasteiger charge is -2.09. The van der Waals surface area contributed by atoms with E-state index in [4.69, 9.17) is 14.5 Å². The summed E-state index contributed by atoms with van der Waals surface area (Å²) in [6, 6.07) is 11.7. The molecule has 6 nitrogen and oxygen atoms in total. The lowest BCUT2D eigenvalue weighted by molar-refractivity contribution is -0.146. The van der Waals surface area contributed by atoms with Crippen LogP contribution in [0, 0.1) is 0 Å². The van der Waals surface area contributed by atoms with Gasteiger partial charge in [0.15, 0.2) is 6.61 Å². The summed E-state index contributed by atoms with van der Waals surface area (Å²) >= 11 is 0. The third-order valence-corrected chi connectivity index (χ3v) is 4.46. The quantitative estimate of drug-likeness (QED) is 0.463. The molecule has 0 aliphatic carbocycles. The third kappa shape index (κ3) is 1.79. The Labute approximate surface area is 136 Å². The van der Waals surface area contributed by atoms with Gasteiger partial charge in [0, 0.05) is 17.0 Å². The summed E-state index contributed by atoms with van der Waals surface area (Å²) in [4.78, 5) is 28.9. The van der Waals surface area contributed by atoms with Crippen LogP contribution in [0.5, 0.6) is 5.75 Å². The van der Waals surface area contributed by atoms with Crippen LogP contribution in [0.15, 0.2) is 41.2 Å². The summed E-state index contributed by atoms with van der Waals surface area (Å²) in [7, 11) is 0. The van der Waals surface area contributed by atoms with Crippen molar-refractivity contribution in [2.24, 2.45) is 0 Å². The van der Waals surface area contributed by atoms with Crippen LogP contribution in [0.1, 0.15) is 11.1 Å². The van der Waals surface area contributed by atoms with Gasteiger partial charge in [0.05, 0.1) is 29.0 Å². The second kappa shape index (κ2) is 4.67. The number of carbonyl (C=O) groups is 1. The molecule has 0 unspecified atom stereocenters. The normalized spacial score (nSPS) is 15.1. The Kier molecular flexibility index (Phi) is 2.59. The predicted octanol–water partition coefficient (Wildman–Crippen LogP) is 1.86. The molecule has 3 aromatic rings. The molecule has 5 rings (SSSR count). The SMILES string of the molecule is O=C1COc2cc3n(c(=O)c2CO1)Cc1cc2ccccc2nc1-3. The molecule has 0 fully saturated rings. The number of rotatable bonds is 0. The maximum Gasteiger partial charge on any atom is 0.344 e. The van der Waals surface area contributed by atoms with Gasteiger partial charge in [0.25, 0.3) is 5.56 Å². The molecule has 118 valence electrons. The third-order valence-electron chi connectivity index (χ3n) is 4.46. The van der Waals surface area contributed by atoms with E-state index in [1.165, 1.54) is 0 Å². The molecule has 0 amide bonds. The van der Waals surface area contributed by atoms with Crippen LogP contribution in [0.3, 0.4) is 0 Å². The maximum atomic E-state index is 12.8. The highest BCUT2D eigenvalue weighted by atomic mass is 16.6. The van der Waals surface area contributed by atoms with Gasteiger partial charge in [-0.1, -0.05) is 18.2 Å². The maximum absolute atomic E-state index is 12.8. The Morgan fingerprint density at radius 2 is 1.92 bits per heavy atom. The second-order valence-electron chi connectivity index (χ2n) is 5.90. The zero-order chi connectivity index (χ0) is 16.3. The zero-order valence-electron chi connectivity index (χ0n) is 12.6. The van der Waals surface area contributed by atoms with Crippen LogP contribution in [-0.4, -0.2) is 22.1 Å². The highest BCUT2D eigenvalue weighted by Gasteiger charge is 2.27. The van der Waals surface area contributed by atoms with Crippen molar-refractivity contribution in [1.29, 1.82) is 0 Å². The molecule has 0 saturated heterocycles. The van der Waals surface area contributed by atoms with Crippen LogP contribution in [0.4, 0.5) is 0 Å². The number of para-hydroxylation sites is 1. The molecule has 0 spiro atoms. The first kappa shape index (κ1) is 13.3. The molecule has 0 N–H and O–H groups in total. The second-order valence-corrected chi connectivity index (χ2v) is 5.90. The molecular formula is C18H12N2O4. The number of ether oxygens (including phenoxy) is 2. The standard InChI is InChI=1S/C18H12N2O4/c21-16-9-23-15-6-14-17-11(5-10-3-1-2-4-13(10)19-17)7-20(14)18(22)12(15)8-24-16/h1-6H,7-9H2. The number of pyridine rings is 2. The fourth-order valence-corrected chi connectivity index (χ4v) is 3.29. The van der Waals surface area contributed by atoms with Crippen molar-refractivity contribution in [3.63, 3.8) is 0 Å². The number of carbonyl (C=O) groups excluding carboxylic acids is 1. The van der Waals surface area contributed by atoms with Gasteiger partial charge < -0.3 is 14.0 Å². The Balaban J connectivity index is 1.75. The van der Waals surface area contributed by atoms with E-state index in [0.717, 1.165) is 22.2 Å². The first-order chi connectivity index (χ1) is 11.7. The van der Waals surface area contributed by atoms with Gasteiger partial charge in [-0.2, -0.15) is 0 Å². The molecule has 0 radical (unpaired) electrons. The average molecular weight is 320 g/mol. The minimum absolute atomic E-state index is 0.0565. The Bertz CT molecular complexity index is 1080. The van der Waals surface area contributed by atoms with Gasteiger partial charge in [0.2, 0.25) is 0 Å². The van der Waals surface area contributed by atoms with E-state index in [2.05, 4.69) is 6.07 Å². The summed E-state index contributed by atoms with van der Waals surface area (Å²) in [5, 5.41) is 1.05. The number of nitrogens with zero attached hydrogens (tertiary/aromatic N) is 2. The highest BCUT2D eigenvalue weighted by Crippen LogP contribution is 2.34. The molecule has 2 aliphatic heterocycles. The van der Waals surface area contributed by atoms with Crippen molar-refractivity contribution < 1.29 is 14.3 Å². The highest BCUT2D eigenvalue weighted by molar-refractivity contribution is 5.84. The molecule has 24 heavy (non-hydrogen) atoms. The molecule has 4 heterocycles. The number of benzene rings is 1. The Morgan fingerprint density at radius 3 is 2.83 bits per heavy atom. The summed E-state index contributed by atoms with van der Waals surface area (Å²) < 4.78 is 12.1. The van der Waals surface area contributed by atoms with Gasteiger partial charge in [0.1, 0.15) is 12.4 Å². The van der Waals surface area contributed by atoms with Crippen molar-refractivity contribution in [2.75, 3.05) is 6.61 Å². The molecule has 0 bridgehead atoms. The lowest BCUT2D eigenvalue weighted by atomic mass is 10.1. The van der Waals surface area contributed by atoms with Crippen molar-refractivity contribution in [1.82, 2.24) is 9.55 Å². The van der Waals surface area contributed by atoms with Crippen LogP contribution in [0.25, 0.3) is 22.3 Å². The molecule has 2 aliphatic rings. The van der Waals surface area contributed by atoms with E-state index < -0.39 is 5.97 Å². The minimum Gasteiger partial charge on any atom is -0.481 e. The van der Waals surface area contributed by atoms with Gasteiger partial charge >= 0.3 is 5.97 Å². The van der Waals surface area contributed by atoms with Crippen LogP contribution >= 0.6 is 0 Å². The van der Waals surface area contributed by atoms with Crippen molar-refractivity contribution in [3.05, 3.63) is 57.9 Å². The molecule has 0 atom stereocenters. The summed E-state index contributed by atoms with van der Waals surface area (Å²) in [5.74, 6) is -0.0693. The molecule has 1 aromatic carbocycles. The van der Waals surface area contributed by atoms with E-state index in [1.54, 1.807) is 10.6 Å². The monoisotopic (exact) mass is 320 g/mol. The predicted molar refractivity (Wildman–Crippen MR) is 85.8 cm³/mol. The van der Waals surface area contributed by atoms with Crippen molar-refractivity contribution in [3.8, 4) is 17.1 Å². The van der Waals surface area contributed by atoms with Crippen LogP contribution in [-0.2, 0) is 22.7 Å². The van der Waals surface area contributed by atoms with E-state index in [0.29, 0.717) is 23.6 Å². The fourth-order valence-electron chi connectivity index (χ4n) is 3.29. The van der Waals surface area contributed by atoms with Gasteiger partial charge in [-0.3, -0.25) is 4.79 Å².